The fourth-order valence-electron chi connectivity index (χ4n) is 4.39. The molecule has 0 bridgehead atoms. The van der Waals surface area contributed by atoms with Gasteiger partial charge < -0.3 is 14.2 Å². The highest BCUT2D eigenvalue weighted by Gasteiger charge is 2.30. The van der Waals surface area contributed by atoms with Crippen LogP contribution in [0.5, 0.6) is 11.5 Å². The van der Waals surface area contributed by atoms with Gasteiger partial charge in [-0.15, -0.1) is 11.3 Å². The Morgan fingerprint density at radius 3 is 2.14 bits per heavy atom. The van der Waals surface area contributed by atoms with E-state index < -0.39 is 8.07 Å². The van der Waals surface area contributed by atoms with Crippen LogP contribution in [0.1, 0.15) is 10.4 Å². The molecule has 1 aliphatic carbocycles. The van der Waals surface area contributed by atoms with Gasteiger partial charge in [-0.1, -0.05) is 19.6 Å². The van der Waals surface area contributed by atoms with Crippen LogP contribution >= 0.6 is 11.3 Å². The summed E-state index contributed by atoms with van der Waals surface area (Å²) < 4.78 is 18.9. The highest BCUT2D eigenvalue weighted by atomic mass is 32.1. The van der Waals surface area contributed by atoms with Crippen molar-refractivity contribution in [3.63, 3.8) is 0 Å². The molecule has 0 spiro atoms. The molecule has 0 unspecified atom stereocenters. The van der Waals surface area contributed by atoms with Crippen molar-refractivity contribution in [1.29, 1.82) is 0 Å². The number of methoxy groups -OCH3 is 2. The van der Waals surface area contributed by atoms with Gasteiger partial charge in [0.25, 0.3) is 0 Å². The lowest BCUT2D eigenvalue weighted by Crippen LogP contribution is -2.22. The fraction of sp³-hybridized carbons (Fsp3) is 0.321. The van der Waals surface area contributed by atoms with Crippen LogP contribution in [0.15, 0.2) is 54.6 Å². The summed E-state index contributed by atoms with van der Waals surface area (Å²) in [4.78, 5) is 2.65. The number of rotatable bonds is 9. The number of aromatic nitrogens is 2. The van der Waals surface area contributed by atoms with Crippen molar-refractivity contribution in [2.75, 3.05) is 20.8 Å². The highest BCUT2D eigenvalue weighted by molar-refractivity contribution is 7.16. The highest BCUT2D eigenvalue weighted by Crippen LogP contribution is 2.48. The maximum absolute atomic E-state index is 6.14. The molecule has 1 aliphatic rings. The average molecular weight is 505 g/mol. The number of hydrogen-bond acceptors (Lipinski definition) is 5. The topological polar surface area (TPSA) is 45.5 Å². The van der Waals surface area contributed by atoms with Crippen LogP contribution in [0.3, 0.4) is 0 Å². The second-order valence-electron chi connectivity index (χ2n) is 10.1. The second-order valence-corrected chi connectivity index (χ2v) is 16.9. The summed E-state index contributed by atoms with van der Waals surface area (Å²) in [5, 5.41) is 5.05. The van der Waals surface area contributed by atoms with E-state index in [0.29, 0.717) is 6.73 Å². The molecule has 0 saturated carbocycles. The molecule has 2 heterocycles. The molecular weight excluding hydrogens is 472 g/mol. The van der Waals surface area contributed by atoms with E-state index >= 15 is 0 Å². The van der Waals surface area contributed by atoms with Crippen molar-refractivity contribution >= 4 is 19.4 Å². The molecular formula is C28H32N2O3SSi. The lowest BCUT2D eigenvalue weighted by atomic mass is 10.1. The third-order valence-corrected chi connectivity index (χ3v) is 9.29. The zero-order chi connectivity index (χ0) is 24.6. The molecule has 0 fully saturated rings. The molecule has 0 N–H and O–H groups in total. The first-order valence-electron chi connectivity index (χ1n) is 12.0. The Balaban J connectivity index is 1.49. The first-order chi connectivity index (χ1) is 16.9. The Morgan fingerprint density at radius 2 is 1.54 bits per heavy atom. The molecule has 182 valence electrons. The number of nitrogens with zero attached hydrogens (tertiary/aromatic N) is 2. The largest absolute Gasteiger partial charge is 0.497 e. The first-order valence-corrected chi connectivity index (χ1v) is 16.5. The van der Waals surface area contributed by atoms with E-state index in [4.69, 9.17) is 19.3 Å². The third kappa shape index (κ3) is 4.94. The maximum Gasteiger partial charge on any atom is 0.140 e. The summed E-state index contributed by atoms with van der Waals surface area (Å²) in [5.41, 5.74) is 7.09. The standard InChI is InChI=1S/C28H32N2O3SSi/c1-31-21-10-6-19(7-11-21)25-16-23-26(34-25)17-24-27(20-8-12-22(32-2)13-9-20)29-30(28(23)24)18-33-14-15-35(3,4)5/h6-13,16H,14-15,17-18H2,1-5H3. The Hall–Kier alpha value is -2.87. The van der Waals surface area contributed by atoms with Gasteiger partial charge >= 0.3 is 0 Å². The van der Waals surface area contributed by atoms with Crippen molar-refractivity contribution < 1.29 is 14.2 Å². The number of thiophene rings is 1. The van der Waals surface area contributed by atoms with Gasteiger partial charge in [-0.2, -0.15) is 5.10 Å². The Kier molecular flexibility index (Phi) is 6.57. The van der Waals surface area contributed by atoms with Crippen LogP contribution in [-0.4, -0.2) is 38.7 Å². The van der Waals surface area contributed by atoms with Crippen molar-refractivity contribution in [3.05, 3.63) is 65.0 Å². The van der Waals surface area contributed by atoms with E-state index in [2.05, 4.69) is 54.7 Å². The summed E-state index contributed by atoms with van der Waals surface area (Å²) in [6, 6.07) is 19.9. The fourth-order valence-corrected chi connectivity index (χ4v) is 6.33. The van der Waals surface area contributed by atoms with Gasteiger partial charge in [0.15, 0.2) is 0 Å². The summed E-state index contributed by atoms with van der Waals surface area (Å²) in [7, 11) is 2.25. The normalized spacial score (nSPS) is 12.5. The van der Waals surface area contributed by atoms with E-state index in [1.165, 1.54) is 32.1 Å². The SMILES string of the molecule is COc1ccc(-c2cc3c(s2)Cc2c(-c4ccc(OC)cc4)nn(COCC[Si](C)(C)C)c2-3)cc1. The molecule has 0 amide bonds. The third-order valence-electron chi connectivity index (χ3n) is 6.40. The lowest BCUT2D eigenvalue weighted by Gasteiger charge is -2.15. The molecule has 35 heavy (non-hydrogen) atoms. The van der Waals surface area contributed by atoms with Gasteiger partial charge in [-0.25, -0.2) is 4.68 Å². The molecule has 0 atom stereocenters. The molecule has 4 aromatic rings. The summed E-state index contributed by atoms with van der Waals surface area (Å²) in [5.74, 6) is 1.72. The predicted octanol–water partition coefficient (Wildman–Crippen LogP) is 7.18. The predicted molar refractivity (Wildman–Crippen MR) is 146 cm³/mol. The molecule has 0 radical (unpaired) electrons. The van der Waals surface area contributed by atoms with Crippen LogP contribution in [0.2, 0.25) is 25.7 Å². The summed E-state index contributed by atoms with van der Waals surface area (Å²) in [6.45, 7) is 8.37. The summed E-state index contributed by atoms with van der Waals surface area (Å²) in [6.07, 6.45) is 0.891. The number of fused-ring (bicyclic) bond motifs is 3. The van der Waals surface area contributed by atoms with Crippen molar-refractivity contribution in [2.24, 2.45) is 0 Å². The molecule has 0 aliphatic heterocycles. The van der Waals surface area contributed by atoms with Crippen LogP contribution in [0.4, 0.5) is 0 Å². The van der Waals surface area contributed by atoms with Gasteiger partial charge in [-0.05, 0) is 66.2 Å². The van der Waals surface area contributed by atoms with E-state index in [1.807, 2.05) is 35.6 Å². The minimum absolute atomic E-state index is 0.468. The maximum atomic E-state index is 6.14. The minimum atomic E-state index is -1.14. The molecule has 5 nitrogen and oxygen atoms in total. The zero-order valence-electron chi connectivity index (χ0n) is 21.1. The smallest absolute Gasteiger partial charge is 0.140 e. The van der Waals surface area contributed by atoms with Crippen LogP contribution in [0.25, 0.3) is 33.0 Å². The lowest BCUT2D eigenvalue weighted by molar-refractivity contribution is 0.0799. The Bertz CT molecular complexity index is 1320. The van der Waals surface area contributed by atoms with Crippen LogP contribution in [0, 0.1) is 0 Å². The average Bonchev–Trinajstić information content (AvgIpc) is 3.51. The Morgan fingerprint density at radius 1 is 0.914 bits per heavy atom. The van der Waals surface area contributed by atoms with E-state index in [0.717, 1.165) is 41.8 Å². The van der Waals surface area contributed by atoms with Gasteiger partial charge in [0.2, 0.25) is 0 Å². The minimum Gasteiger partial charge on any atom is -0.497 e. The molecule has 2 aromatic heterocycles. The molecule has 2 aromatic carbocycles. The quantitative estimate of drug-likeness (QED) is 0.158. The zero-order valence-corrected chi connectivity index (χ0v) is 22.9. The monoisotopic (exact) mass is 504 g/mol. The number of benzene rings is 2. The first kappa shape index (κ1) is 23.8. The van der Waals surface area contributed by atoms with Gasteiger partial charge in [-0.3, -0.25) is 0 Å². The molecule has 0 saturated heterocycles. The van der Waals surface area contributed by atoms with E-state index in [-0.39, 0.29) is 0 Å². The van der Waals surface area contributed by atoms with Crippen LogP contribution < -0.4 is 9.47 Å². The molecule has 7 heteroatoms. The second kappa shape index (κ2) is 9.64. The van der Waals surface area contributed by atoms with E-state index in [1.54, 1.807) is 14.2 Å². The summed E-state index contributed by atoms with van der Waals surface area (Å²) >= 11 is 1.86. The Labute approximate surface area is 212 Å². The molecule has 5 rings (SSSR count). The number of ether oxygens (including phenoxy) is 3. The van der Waals surface area contributed by atoms with Crippen molar-refractivity contribution in [2.45, 2.75) is 38.8 Å². The van der Waals surface area contributed by atoms with Gasteiger partial charge in [0.05, 0.1) is 25.6 Å². The van der Waals surface area contributed by atoms with Crippen molar-refractivity contribution in [3.8, 4) is 44.5 Å². The van der Waals surface area contributed by atoms with Crippen LogP contribution in [-0.2, 0) is 17.9 Å². The van der Waals surface area contributed by atoms with Gasteiger partial charge in [0.1, 0.15) is 18.2 Å². The van der Waals surface area contributed by atoms with Gasteiger partial charge in [0, 0.05) is 47.5 Å². The van der Waals surface area contributed by atoms with Crippen molar-refractivity contribution in [1.82, 2.24) is 9.78 Å². The van der Waals surface area contributed by atoms with E-state index in [9.17, 15) is 0 Å². The number of hydrogen-bond donors (Lipinski definition) is 0.